The van der Waals surface area contributed by atoms with Crippen molar-refractivity contribution in [3.8, 4) is 0 Å². The molecule has 0 amide bonds. The van der Waals surface area contributed by atoms with E-state index in [1.165, 1.54) is 12.1 Å². The average Bonchev–Trinajstić information content (AvgIpc) is 2.14. The summed E-state index contributed by atoms with van der Waals surface area (Å²) in [4.78, 5) is 12.0. The van der Waals surface area contributed by atoms with Gasteiger partial charge in [-0.05, 0) is 13.0 Å². The van der Waals surface area contributed by atoms with Gasteiger partial charge in [-0.3, -0.25) is 10.1 Å². The van der Waals surface area contributed by atoms with Gasteiger partial charge in [0.25, 0.3) is 5.69 Å². The summed E-state index contributed by atoms with van der Waals surface area (Å²) in [6, 6.07) is 6.44. The monoisotopic (exact) mass is 208 g/mol. The molecule has 1 aromatic carbocycles. The van der Waals surface area contributed by atoms with Gasteiger partial charge in [0, 0.05) is 30.9 Å². The number of hydrogen-bond donors (Lipinski definition) is 1. The smallest absolute Gasteiger partial charge is 0.271 e. The maximum Gasteiger partial charge on any atom is 0.271 e. The quantitative estimate of drug-likeness (QED) is 0.585. The Morgan fingerprint density at radius 1 is 1.53 bits per heavy atom. The lowest BCUT2D eigenvalue weighted by atomic mass is 9.96. The fraction of sp³-hybridized carbons (Fsp3) is 0.400. The zero-order valence-electron chi connectivity index (χ0n) is 8.38. The molecule has 0 radical (unpaired) electrons. The number of hydrogen-bond acceptors (Lipinski definition) is 4. The molecule has 0 aromatic heterocycles. The molecule has 0 unspecified atom stereocenters. The number of nitro benzene ring substituents is 1. The Kier molecular flexibility index (Phi) is 2.12. The third-order valence-corrected chi connectivity index (χ3v) is 2.47. The zero-order valence-corrected chi connectivity index (χ0v) is 8.38. The highest BCUT2D eigenvalue weighted by Crippen LogP contribution is 2.29. The van der Waals surface area contributed by atoms with E-state index in [1.54, 1.807) is 13.0 Å². The van der Waals surface area contributed by atoms with E-state index < -0.39 is 10.5 Å². The molecule has 1 aliphatic heterocycles. The van der Waals surface area contributed by atoms with Gasteiger partial charge in [-0.2, -0.15) is 0 Å². The SMILES string of the molecule is CC1(O)CN(c2cccc([N+](=O)[O-])c2)C1. The Bertz CT molecular complexity index is 395. The first kappa shape index (κ1) is 9.92. The first-order valence-corrected chi connectivity index (χ1v) is 4.70. The highest BCUT2D eigenvalue weighted by Gasteiger charge is 2.36. The number of rotatable bonds is 2. The lowest BCUT2D eigenvalue weighted by Crippen LogP contribution is -2.60. The molecule has 0 bridgehead atoms. The van der Waals surface area contributed by atoms with Crippen molar-refractivity contribution in [2.75, 3.05) is 18.0 Å². The molecule has 15 heavy (non-hydrogen) atoms. The van der Waals surface area contributed by atoms with Gasteiger partial charge < -0.3 is 10.0 Å². The van der Waals surface area contributed by atoms with E-state index >= 15 is 0 Å². The van der Waals surface area contributed by atoms with Gasteiger partial charge in [-0.15, -0.1) is 0 Å². The van der Waals surface area contributed by atoms with E-state index in [2.05, 4.69) is 0 Å². The van der Waals surface area contributed by atoms with Crippen molar-refractivity contribution in [2.45, 2.75) is 12.5 Å². The molecule has 1 fully saturated rings. The predicted octanol–water partition coefficient (Wildman–Crippen LogP) is 1.17. The van der Waals surface area contributed by atoms with Gasteiger partial charge in [0.1, 0.15) is 0 Å². The molecule has 1 N–H and O–H groups in total. The molecule has 1 saturated heterocycles. The van der Waals surface area contributed by atoms with Gasteiger partial charge in [0.05, 0.1) is 10.5 Å². The molecule has 5 nitrogen and oxygen atoms in total. The number of non-ortho nitro benzene ring substituents is 1. The van der Waals surface area contributed by atoms with Crippen LogP contribution in [-0.2, 0) is 0 Å². The van der Waals surface area contributed by atoms with Crippen molar-refractivity contribution in [1.82, 2.24) is 0 Å². The second-order valence-electron chi connectivity index (χ2n) is 4.13. The molecule has 1 heterocycles. The first-order chi connectivity index (χ1) is 6.98. The van der Waals surface area contributed by atoms with Crippen molar-refractivity contribution in [3.63, 3.8) is 0 Å². The molecule has 1 aliphatic rings. The minimum absolute atomic E-state index is 0.0824. The van der Waals surface area contributed by atoms with Gasteiger partial charge in [0.2, 0.25) is 0 Å². The van der Waals surface area contributed by atoms with Crippen LogP contribution in [0.4, 0.5) is 11.4 Å². The molecule has 2 rings (SSSR count). The fourth-order valence-electron chi connectivity index (χ4n) is 1.76. The normalized spacial score (nSPS) is 18.4. The third-order valence-electron chi connectivity index (χ3n) is 2.47. The molecule has 1 aromatic rings. The predicted molar refractivity (Wildman–Crippen MR) is 55.9 cm³/mol. The van der Waals surface area contributed by atoms with Crippen molar-refractivity contribution in [1.29, 1.82) is 0 Å². The maximum atomic E-state index is 10.5. The second kappa shape index (κ2) is 3.20. The highest BCUT2D eigenvalue weighted by molar-refractivity contribution is 5.55. The number of nitro groups is 1. The van der Waals surface area contributed by atoms with Gasteiger partial charge in [0.15, 0.2) is 0 Å². The highest BCUT2D eigenvalue weighted by atomic mass is 16.6. The van der Waals surface area contributed by atoms with Crippen LogP contribution in [0.25, 0.3) is 0 Å². The van der Waals surface area contributed by atoms with E-state index in [0.29, 0.717) is 13.1 Å². The Morgan fingerprint density at radius 2 is 2.20 bits per heavy atom. The molecule has 0 atom stereocenters. The van der Waals surface area contributed by atoms with Crippen LogP contribution in [0.3, 0.4) is 0 Å². The van der Waals surface area contributed by atoms with Crippen LogP contribution in [0.1, 0.15) is 6.92 Å². The summed E-state index contributed by atoms with van der Waals surface area (Å²) in [5, 5.41) is 20.1. The van der Waals surface area contributed by atoms with Crippen LogP contribution in [-0.4, -0.2) is 28.7 Å². The van der Waals surface area contributed by atoms with Crippen molar-refractivity contribution in [3.05, 3.63) is 34.4 Å². The lowest BCUT2D eigenvalue weighted by molar-refractivity contribution is -0.384. The van der Waals surface area contributed by atoms with E-state index in [-0.39, 0.29) is 5.69 Å². The summed E-state index contributed by atoms with van der Waals surface area (Å²) in [5.41, 5.74) is 0.208. The number of aliphatic hydroxyl groups is 1. The van der Waals surface area contributed by atoms with Crippen LogP contribution in [0.15, 0.2) is 24.3 Å². The van der Waals surface area contributed by atoms with Crippen molar-refractivity contribution in [2.24, 2.45) is 0 Å². The Morgan fingerprint density at radius 3 is 2.73 bits per heavy atom. The van der Waals surface area contributed by atoms with Crippen LogP contribution in [0.5, 0.6) is 0 Å². The zero-order chi connectivity index (χ0) is 11.1. The topological polar surface area (TPSA) is 66.6 Å². The van der Waals surface area contributed by atoms with Crippen LogP contribution < -0.4 is 4.90 Å². The Balaban J connectivity index is 2.17. The van der Waals surface area contributed by atoms with E-state index in [9.17, 15) is 15.2 Å². The summed E-state index contributed by atoms with van der Waals surface area (Å²) < 4.78 is 0. The van der Waals surface area contributed by atoms with Crippen LogP contribution in [0, 0.1) is 10.1 Å². The summed E-state index contributed by atoms with van der Waals surface area (Å²) >= 11 is 0. The molecular formula is C10H12N2O3. The first-order valence-electron chi connectivity index (χ1n) is 4.70. The standard InChI is InChI=1S/C10H12N2O3/c1-10(13)6-11(7-10)8-3-2-4-9(5-8)12(14)15/h2-5,13H,6-7H2,1H3. The summed E-state index contributed by atoms with van der Waals surface area (Å²) in [6.07, 6.45) is 0. The van der Waals surface area contributed by atoms with Gasteiger partial charge in [-0.1, -0.05) is 6.07 Å². The minimum atomic E-state index is -0.662. The van der Waals surface area contributed by atoms with E-state index in [1.807, 2.05) is 11.0 Å². The summed E-state index contributed by atoms with van der Waals surface area (Å²) in [5.74, 6) is 0. The van der Waals surface area contributed by atoms with Crippen molar-refractivity contribution >= 4 is 11.4 Å². The van der Waals surface area contributed by atoms with Crippen molar-refractivity contribution < 1.29 is 10.0 Å². The van der Waals surface area contributed by atoms with Crippen LogP contribution in [0.2, 0.25) is 0 Å². The van der Waals surface area contributed by atoms with Crippen LogP contribution >= 0.6 is 0 Å². The van der Waals surface area contributed by atoms with Gasteiger partial charge >= 0.3 is 0 Å². The Labute approximate surface area is 87.1 Å². The molecule has 5 heteroatoms. The molecule has 0 saturated carbocycles. The number of nitrogens with zero attached hydrogens (tertiary/aromatic N) is 2. The number of benzene rings is 1. The largest absolute Gasteiger partial charge is 0.386 e. The molecule has 0 aliphatic carbocycles. The molecule has 0 spiro atoms. The van der Waals surface area contributed by atoms with E-state index in [4.69, 9.17) is 0 Å². The molecular weight excluding hydrogens is 196 g/mol. The van der Waals surface area contributed by atoms with Gasteiger partial charge in [-0.25, -0.2) is 0 Å². The van der Waals surface area contributed by atoms with E-state index in [0.717, 1.165) is 5.69 Å². The lowest BCUT2D eigenvalue weighted by Gasteiger charge is -2.45. The minimum Gasteiger partial charge on any atom is -0.386 e. The summed E-state index contributed by atoms with van der Waals surface area (Å²) in [6.45, 7) is 2.79. The number of anilines is 1. The summed E-state index contributed by atoms with van der Waals surface area (Å²) in [7, 11) is 0. The average molecular weight is 208 g/mol. The molecule has 80 valence electrons. The second-order valence-corrected chi connectivity index (χ2v) is 4.13. The number of β-amino-alcohol motifs (C(OH)–C–C–N with tert-alkyl or cyclic N) is 1. The third kappa shape index (κ3) is 1.92. The fourth-order valence-corrected chi connectivity index (χ4v) is 1.76. The Hall–Kier alpha value is -1.62. The maximum absolute atomic E-state index is 10.5.